The fourth-order valence-electron chi connectivity index (χ4n) is 4.50. The first-order chi connectivity index (χ1) is 18.3. The average molecular weight is 550 g/mol. The number of anilines is 1. The fraction of sp³-hybridized carbons (Fsp3) is 0.355. The summed E-state index contributed by atoms with van der Waals surface area (Å²) in [5, 5.41) is 2.98. The van der Waals surface area contributed by atoms with Crippen LogP contribution in [-0.2, 0) is 26.2 Å². The zero-order chi connectivity index (χ0) is 28.8. The van der Waals surface area contributed by atoms with Gasteiger partial charge in [-0.05, 0) is 82.0 Å². The maximum atomic E-state index is 14.1. The summed E-state index contributed by atoms with van der Waals surface area (Å²) in [5.41, 5.74) is 2.51. The van der Waals surface area contributed by atoms with Crippen LogP contribution in [0.25, 0.3) is 0 Å². The molecule has 0 heterocycles. The van der Waals surface area contributed by atoms with Crippen LogP contribution in [0.4, 0.5) is 5.69 Å². The minimum absolute atomic E-state index is 0.0871. The minimum Gasteiger partial charge on any atom is -0.350 e. The Labute approximate surface area is 232 Å². The Bertz CT molecular complexity index is 1360. The van der Waals surface area contributed by atoms with Crippen molar-refractivity contribution in [2.24, 2.45) is 0 Å². The number of carbonyl (C=O) groups excluding carboxylic acids is 2. The van der Waals surface area contributed by atoms with Gasteiger partial charge in [-0.15, -0.1) is 0 Å². The number of hydrogen-bond acceptors (Lipinski definition) is 4. The Balaban J connectivity index is 2.08. The van der Waals surface area contributed by atoms with Crippen LogP contribution < -0.4 is 9.62 Å². The average Bonchev–Trinajstić information content (AvgIpc) is 2.86. The van der Waals surface area contributed by atoms with Crippen molar-refractivity contribution in [2.75, 3.05) is 10.8 Å². The molecule has 39 heavy (non-hydrogen) atoms. The van der Waals surface area contributed by atoms with E-state index in [2.05, 4.69) is 5.32 Å². The number of nitrogens with zero attached hydrogens (tertiary/aromatic N) is 2. The number of aryl methyl sites for hydroxylation is 2. The molecule has 2 amide bonds. The standard InChI is InChI=1S/C31H39N3O4S/c1-7-28(30(36)32-31(4,5)6)33(21-25-14-10-8-11-15-25)29(35)22-34(26-19-23(2)18-24(3)20-26)39(37,38)27-16-12-9-13-17-27/h8-20,28H,7,21-22H2,1-6H3,(H,32,36)/t28-/m1/s1. The molecular weight excluding hydrogens is 510 g/mol. The number of nitrogens with one attached hydrogen (secondary N) is 1. The van der Waals surface area contributed by atoms with Crippen LogP contribution >= 0.6 is 0 Å². The predicted molar refractivity (Wildman–Crippen MR) is 156 cm³/mol. The lowest BCUT2D eigenvalue weighted by Crippen LogP contribution is -2.55. The summed E-state index contributed by atoms with van der Waals surface area (Å²) < 4.78 is 29.0. The van der Waals surface area contributed by atoms with E-state index < -0.39 is 34.1 Å². The lowest BCUT2D eigenvalue weighted by molar-refractivity contribution is -0.141. The van der Waals surface area contributed by atoms with Crippen molar-refractivity contribution >= 4 is 27.5 Å². The molecule has 0 aliphatic rings. The summed E-state index contributed by atoms with van der Waals surface area (Å²) in [6, 6.07) is 22.2. The quantitative estimate of drug-likeness (QED) is 0.376. The summed E-state index contributed by atoms with van der Waals surface area (Å²) in [6.45, 7) is 11.0. The molecule has 0 saturated heterocycles. The molecule has 3 aromatic rings. The monoisotopic (exact) mass is 549 g/mol. The molecule has 0 spiro atoms. The molecule has 0 fully saturated rings. The van der Waals surface area contributed by atoms with Gasteiger partial charge in [0.2, 0.25) is 11.8 Å². The first-order valence-corrected chi connectivity index (χ1v) is 14.6. The van der Waals surface area contributed by atoms with Crippen molar-refractivity contribution in [3.8, 4) is 0 Å². The summed E-state index contributed by atoms with van der Waals surface area (Å²) >= 11 is 0. The first kappa shape index (κ1) is 29.9. The maximum Gasteiger partial charge on any atom is 0.264 e. The van der Waals surface area contributed by atoms with Gasteiger partial charge in [-0.1, -0.05) is 61.5 Å². The van der Waals surface area contributed by atoms with Crippen LogP contribution in [0.3, 0.4) is 0 Å². The number of amides is 2. The van der Waals surface area contributed by atoms with Gasteiger partial charge in [-0.2, -0.15) is 0 Å². The molecule has 208 valence electrons. The van der Waals surface area contributed by atoms with Gasteiger partial charge in [0.25, 0.3) is 10.0 Å². The molecule has 7 nitrogen and oxygen atoms in total. The van der Waals surface area contributed by atoms with Gasteiger partial charge in [-0.3, -0.25) is 13.9 Å². The Morgan fingerprint density at radius 2 is 1.41 bits per heavy atom. The Morgan fingerprint density at radius 3 is 1.92 bits per heavy atom. The van der Waals surface area contributed by atoms with E-state index in [1.165, 1.54) is 17.0 Å². The van der Waals surface area contributed by atoms with Crippen LogP contribution in [-0.4, -0.2) is 43.3 Å². The molecule has 0 radical (unpaired) electrons. The maximum absolute atomic E-state index is 14.1. The molecule has 1 N–H and O–H groups in total. The molecule has 0 bridgehead atoms. The van der Waals surface area contributed by atoms with Crippen molar-refractivity contribution < 1.29 is 18.0 Å². The van der Waals surface area contributed by atoms with E-state index in [9.17, 15) is 18.0 Å². The third kappa shape index (κ3) is 7.93. The molecule has 3 rings (SSSR count). The van der Waals surface area contributed by atoms with Gasteiger partial charge in [-0.25, -0.2) is 8.42 Å². The summed E-state index contributed by atoms with van der Waals surface area (Å²) in [7, 11) is -4.09. The third-order valence-electron chi connectivity index (χ3n) is 6.18. The molecule has 0 aliphatic carbocycles. The van der Waals surface area contributed by atoms with E-state index in [1.54, 1.807) is 30.3 Å². The van der Waals surface area contributed by atoms with Crippen molar-refractivity contribution in [2.45, 2.75) is 71.0 Å². The molecule has 1 atom stereocenters. The second-order valence-electron chi connectivity index (χ2n) is 10.8. The lowest BCUT2D eigenvalue weighted by atomic mass is 10.1. The largest absolute Gasteiger partial charge is 0.350 e. The summed E-state index contributed by atoms with van der Waals surface area (Å²) in [5.74, 6) is -0.744. The Hall–Kier alpha value is -3.65. The summed E-state index contributed by atoms with van der Waals surface area (Å²) in [4.78, 5) is 29.0. The number of hydrogen-bond donors (Lipinski definition) is 1. The van der Waals surface area contributed by atoms with Crippen molar-refractivity contribution in [1.82, 2.24) is 10.2 Å². The van der Waals surface area contributed by atoms with E-state index in [0.717, 1.165) is 21.0 Å². The lowest BCUT2D eigenvalue weighted by Gasteiger charge is -2.35. The summed E-state index contributed by atoms with van der Waals surface area (Å²) in [6.07, 6.45) is 0.371. The molecular formula is C31H39N3O4S. The van der Waals surface area contributed by atoms with Crippen LogP contribution in [0.2, 0.25) is 0 Å². The number of carbonyl (C=O) groups is 2. The number of benzene rings is 3. The SMILES string of the molecule is CC[C@H](C(=O)NC(C)(C)C)N(Cc1ccccc1)C(=O)CN(c1cc(C)cc(C)c1)S(=O)(=O)c1ccccc1. The van der Waals surface area contributed by atoms with E-state index in [0.29, 0.717) is 12.1 Å². The van der Waals surface area contributed by atoms with Crippen LogP contribution in [0.5, 0.6) is 0 Å². The van der Waals surface area contributed by atoms with Crippen LogP contribution in [0.15, 0.2) is 83.8 Å². The zero-order valence-corrected chi connectivity index (χ0v) is 24.5. The highest BCUT2D eigenvalue weighted by molar-refractivity contribution is 7.92. The fourth-order valence-corrected chi connectivity index (χ4v) is 5.91. The molecule has 0 unspecified atom stereocenters. The van der Waals surface area contributed by atoms with Crippen LogP contribution in [0.1, 0.15) is 50.8 Å². The molecule has 0 aliphatic heterocycles. The molecule has 3 aromatic carbocycles. The van der Waals surface area contributed by atoms with Crippen molar-refractivity contribution in [3.05, 3.63) is 95.6 Å². The van der Waals surface area contributed by atoms with E-state index in [4.69, 9.17) is 0 Å². The van der Waals surface area contributed by atoms with Gasteiger partial charge >= 0.3 is 0 Å². The van der Waals surface area contributed by atoms with Gasteiger partial charge in [0.05, 0.1) is 10.6 Å². The molecule has 0 aromatic heterocycles. The van der Waals surface area contributed by atoms with Crippen molar-refractivity contribution in [3.63, 3.8) is 0 Å². The minimum atomic E-state index is -4.09. The topological polar surface area (TPSA) is 86.8 Å². The zero-order valence-electron chi connectivity index (χ0n) is 23.6. The van der Waals surface area contributed by atoms with E-state index >= 15 is 0 Å². The van der Waals surface area contributed by atoms with Gasteiger partial charge in [0.15, 0.2) is 0 Å². The highest BCUT2D eigenvalue weighted by atomic mass is 32.2. The van der Waals surface area contributed by atoms with E-state index in [-0.39, 0.29) is 17.3 Å². The highest BCUT2D eigenvalue weighted by Gasteiger charge is 2.34. The second-order valence-corrected chi connectivity index (χ2v) is 12.7. The molecule has 0 saturated carbocycles. The third-order valence-corrected chi connectivity index (χ3v) is 7.97. The van der Waals surface area contributed by atoms with Crippen LogP contribution in [0, 0.1) is 13.8 Å². The number of rotatable bonds is 10. The second kappa shape index (κ2) is 12.5. The first-order valence-electron chi connectivity index (χ1n) is 13.1. The smallest absolute Gasteiger partial charge is 0.264 e. The Kier molecular flexibility index (Phi) is 9.56. The van der Waals surface area contributed by atoms with Gasteiger partial charge in [0.1, 0.15) is 12.6 Å². The van der Waals surface area contributed by atoms with Gasteiger partial charge in [0, 0.05) is 12.1 Å². The van der Waals surface area contributed by atoms with E-state index in [1.807, 2.05) is 77.9 Å². The normalized spacial score (nSPS) is 12.5. The predicted octanol–water partition coefficient (Wildman–Crippen LogP) is 5.22. The van der Waals surface area contributed by atoms with Crippen molar-refractivity contribution in [1.29, 1.82) is 0 Å². The number of sulfonamides is 1. The molecule has 8 heteroatoms. The van der Waals surface area contributed by atoms with Gasteiger partial charge < -0.3 is 10.2 Å². The Morgan fingerprint density at radius 1 is 0.872 bits per heavy atom. The highest BCUT2D eigenvalue weighted by Crippen LogP contribution is 2.27.